The minimum Gasteiger partial charge on any atom is -0.337 e. The van der Waals surface area contributed by atoms with E-state index >= 15 is 0 Å². The van der Waals surface area contributed by atoms with Crippen LogP contribution in [-0.4, -0.2) is 37.9 Å². The van der Waals surface area contributed by atoms with Crippen LogP contribution in [0.15, 0.2) is 46.9 Å². The van der Waals surface area contributed by atoms with Gasteiger partial charge in [0.05, 0.1) is 10.6 Å². The third-order valence-electron chi connectivity index (χ3n) is 8.03. The Labute approximate surface area is 203 Å². The lowest BCUT2D eigenvalue weighted by Crippen LogP contribution is -2.37. The van der Waals surface area contributed by atoms with Gasteiger partial charge in [0, 0.05) is 19.1 Å². The number of amides is 1. The van der Waals surface area contributed by atoms with E-state index in [2.05, 4.69) is 63.5 Å². The van der Waals surface area contributed by atoms with Crippen molar-refractivity contribution >= 4 is 29.0 Å². The molecule has 172 valence electrons. The number of benzene rings is 1. The van der Waals surface area contributed by atoms with Crippen molar-refractivity contribution < 1.29 is 4.79 Å². The molecular weight excluding hydrogens is 448 g/mol. The summed E-state index contributed by atoms with van der Waals surface area (Å²) >= 11 is 3.27. The third kappa shape index (κ3) is 4.03. The fraction of sp³-hybridized carbons (Fsp3) is 0.500. The number of hydrogen-bond donors (Lipinski definition) is 0. The summed E-state index contributed by atoms with van der Waals surface area (Å²) in [6.07, 6.45) is 6.43. The van der Waals surface area contributed by atoms with Crippen LogP contribution in [0.5, 0.6) is 0 Å². The Hall–Kier alpha value is -2.12. The Morgan fingerprint density at radius 1 is 1.15 bits per heavy atom. The second-order valence-corrected chi connectivity index (χ2v) is 11.7. The lowest BCUT2D eigenvalue weighted by atomic mass is 9.84. The highest BCUT2D eigenvalue weighted by Gasteiger charge is 2.43. The molecular formula is C26H30N4OS2. The zero-order chi connectivity index (χ0) is 22.4. The number of thiophene rings is 1. The predicted molar refractivity (Wildman–Crippen MR) is 133 cm³/mol. The normalized spacial score (nSPS) is 24.8. The zero-order valence-corrected chi connectivity index (χ0v) is 20.7. The molecule has 33 heavy (non-hydrogen) atoms. The molecule has 2 fully saturated rings. The Bertz CT molecular complexity index is 1140. The van der Waals surface area contributed by atoms with Crippen LogP contribution < -0.4 is 0 Å². The van der Waals surface area contributed by atoms with Gasteiger partial charge in [0.25, 0.3) is 0 Å². The van der Waals surface area contributed by atoms with Crippen molar-refractivity contribution in [1.29, 1.82) is 0 Å². The second-order valence-electron chi connectivity index (χ2n) is 9.86. The number of fused-ring (bicyclic) bond motifs is 3. The molecule has 3 aliphatic rings. The van der Waals surface area contributed by atoms with E-state index in [1.165, 1.54) is 36.8 Å². The van der Waals surface area contributed by atoms with Crippen LogP contribution in [0.4, 0.5) is 0 Å². The highest BCUT2D eigenvalue weighted by atomic mass is 32.2. The number of aromatic nitrogens is 3. The second kappa shape index (κ2) is 8.91. The molecule has 0 spiro atoms. The van der Waals surface area contributed by atoms with Crippen molar-refractivity contribution in [2.45, 2.75) is 56.8 Å². The molecule has 2 aliphatic carbocycles. The molecule has 5 nitrogen and oxygen atoms in total. The van der Waals surface area contributed by atoms with Crippen molar-refractivity contribution in [3.8, 4) is 10.7 Å². The maximum Gasteiger partial charge on any atom is 0.233 e. The van der Waals surface area contributed by atoms with E-state index in [0.29, 0.717) is 24.3 Å². The molecule has 4 atom stereocenters. The molecule has 3 aromatic rings. The lowest BCUT2D eigenvalue weighted by Gasteiger charge is -2.30. The number of hydrogen-bond acceptors (Lipinski definition) is 5. The van der Waals surface area contributed by atoms with Gasteiger partial charge in [0.15, 0.2) is 11.0 Å². The van der Waals surface area contributed by atoms with Gasteiger partial charge in [-0.2, -0.15) is 0 Å². The molecule has 2 saturated carbocycles. The first-order chi connectivity index (χ1) is 16.2. The summed E-state index contributed by atoms with van der Waals surface area (Å²) in [6.45, 7) is 3.86. The first-order valence-corrected chi connectivity index (χ1v) is 14.0. The van der Waals surface area contributed by atoms with Crippen LogP contribution in [0.1, 0.15) is 49.8 Å². The average molecular weight is 479 g/mol. The molecule has 7 heteroatoms. The molecule has 1 aliphatic heterocycles. The largest absolute Gasteiger partial charge is 0.337 e. The van der Waals surface area contributed by atoms with Gasteiger partial charge in [0.2, 0.25) is 5.91 Å². The monoisotopic (exact) mass is 478 g/mol. The quantitative estimate of drug-likeness (QED) is 0.428. The molecule has 2 bridgehead atoms. The Morgan fingerprint density at radius 3 is 2.79 bits per heavy atom. The van der Waals surface area contributed by atoms with E-state index in [9.17, 15) is 4.79 Å². The van der Waals surface area contributed by atoms with E-state index in [1.807, 2.05) is 4.90 Å². The van der Waals surface area contributed by atoms with Gasteiger partial charge >= 0.3 is 0 Å². The van der Waals surface area contributed by atoms with Crippen molar-refractivity contribution in [2.75, 3.05) is 12.3 Å². The minimum absolute atomic E-state index is 0.189. The van der Waals surface area contributed by atoms with Crippen molar-refractivity contribution in [3.05, 3.63) is 52.9 Å². The highest BCUT2D eigenvalue weighted by molar-refractivity contribution is 7.99. The molecule has 0 N–H and O–H groups in total. The predicted octanol–water partition coefficient (Wildman–Crippen LogP) is 5.68. The van der Waals surface area contributed by atoms with Crippen LogP contribution in [0.2, 0.25) is 0 Å². The van der Waals surface area contributed by atoms with E-state index < -0.39 is 0 Å². The van der Waals surface area contributed by atoms with Gasteiger partial charge in [-0.25, -0.2) is 0 Å². The van der Waals surface area contributed by atoms with E-state index in [4.69, 9.17) is 0 Å². The molecule has 2 aromatic heterocycles. The van der Waals surface area contributed by atoms with Crippen LogP contribution in [0.25, 0.3) is 10.7 Å². The lowest BCUT2D eigenvalue weighted by molar-refractivity contribution is -0.129. The maximum atomic E-state index is 13.1. The SMILES string of the molecule is CC(C1CC2CCC1C2)n1c(SCC(=O)N2CCc3ccccc3C2)nnc1-c1cccs1. The van der Waals surface area contributed by atoms with Crippen LogP contribution in [0, 0.1) is 17.8 Å². The molecule has 1 amide bonds. The maximum absolute atomic E-state index is 13.1. The fourth-order valence-electron chi connectivity index (χ4n) is 6.32. The molecule has 4 unspecified atom stereocenters. The van der Waals surface area contributed by atoms with Crippen molar-refractivity contribution in [3.63, 3.8) is 0 Å². The molecule has 1 aromatic carbocycles. The van der Waals surface area contributed by atoms with E-state index in [0.717, 1.165) is 40.7 Å². The Morgan fingerprint density at radius 2 is 2.03 bits per heavy atom. The Kier molecular flexibility index (Phi) is 5.78. The summed E-state index contributed by atoms with van der Waals surface area (Å²) in [6, 6.07) is 13.0. The summed E-state index contributed by atoms with van der Waals surface area (Å²) in [5, 5.41) is 12.2. The van der Waals surface area contributed by atoms with Crippen molar-refractivity contribution in [2.24, 2.45) is 17.8 Å². The topological polar surface area (TPSA) is 51.0 Å². The summed E-state index contributed by atoms with van der Waals surface area (Å²) in [4.78, 5) is 16.3. The minimum atomic E-state index is 0.189. The van der Waals surface area contributed by atoms with Gasteiger partial charge in [-0.15, -0.1) is 21.5 Å². The van der Waals surface area contributed by atoms with Gasteiger partial charge in [-0.3, -0.25) is 9.36 Å². The average Bonchev–Trinajstić information content (AvgIpc) is 3.65. The van der Waals surface area contributed by atoms with Crippen LogP contribution in [-0.2, 0) is 17.8 Å². The molecule has 0 radical (unpaired) electrons. The standard InChI is InChI=1S/C26H30N4OS2/c1-17(22-14-18-8-9-20(22)13-18)30-25(23-7-4-12-32-23)27-28-26(30)33-16-24(31)29-11-10-19-5-2-3-6-21(19)15-29/h2-7,12,17-18,20,22H,8-11,13-16H2,1H3. The number of nitrogens with zero attached hydrogens (tertiary/aromatic N) is 4. The van der Waals surface area contributed by atoms with Gasteiger partial charge in [0.1, 0.15) is 0 Å². The van der Waals surface area contributed by atoms with Gasteiger partial charge in [-0.1, -0.05) is 48.5 Å². The first kappa shape index (κ1) is 21.4. The summed E-state index contributed by atoms with van der Waals surface area (Å²) in [5.41, 5.74) is 2.64. The zero-order valence-electron chi connectivity index (χ0n) is 19.0. The Balaban J connectivity index is 1.21. The van der Waals surface area contributed by atoms with Crippen LogP contribution in [0.3, 0.4) is 0 Å². The third-order valence-corrected chi connectivity index (χ3v) is 9.83. The number of rotatable bonds is 6. The van der Waals surface area contributed by atoms with E-state index in [-0.39, 0.29) is 5.91 Å². The number of carbonyl (C=O) groups excluding carboxylic acids is 1. The highest BCUT2D eigenvalue weighted by Crippen LogP contribution is 2.53. The van der Waals surface area contributed by atoms with Gasteiger partial charge in [-0.05, 0) is 72.9 Å². The fourth-order valence-corrected chi connectivity index (χ4v) is 7.95. The smallest absolute Gasteiger partial charge is 0.233 e. The van der Waals surface area contributed by atoms with Gasteiger partial charge < -0.3 is 4.90 Å². The van der Waals surface area contributed by atoms with Crippen molar-refractivity contribution in [1.82, 2.24) is 19.7 Å². The number of thioether (sulfide) groups is 1. The molecule has 6 rings (SSSR count). The summed E-state index contributed by atoms with van der Waals surface area (Å²) < 4.78 is 2.35. The summed E-state index contributed by atoms with van der Waals surface area (Å²) in [5.74, 6) is 3.98. The van der Waals surface area contributed by atoms with Crippen LogP contribution >= 0.6 is 23.1 Å². The molecule has 0 saturated heterocycles. The summed E-state index contributed by atoms with van der Waals surface area (Å²) in [7, 11) is 0. The first-order valence-electron chi connectivity index (χ1n) is 12.1. The number of carbonyl (C=O) groups is 1. The molecule has 3 heterocycles. The van der Waals surface area contributed by atoms with E-state index in [1.54, 1.807) is 23.1 Å².